The van der Waals surface area contributed by atoms with E-state index in [1.54, 1.807) is 40.9 Å². The van der Waals surface area contributed by atoms with Crippen LogP contribution in [0.25, 0.3) is 0 Å². The highest BCUT2D eigenvalue weighted by Crippen LogP contribution is 2.38. The molecule has 3 heterocycles. The molecular formula is C57H90N2O15. The molecule has 1 aliphatic carbocycles. The molecule has 74 heavy (non-hydrogen) atoms. The number of ketones is 3. The van der Waals surface area contributed by atoms with E-state index >= 15 is 0 Å². The third-order valence-corrected chi connectivity index (χ3v) is 15.7. The number of nitrogens with two attached hydrogens (primary N) is 1. The van der Waals surface area contributed by atoms with E-state index in [-0.39, 0.29) is 87.0 Å². The van der Waals surface area contributed by atoms with Gasteiger partial charge in [0.15, 0.2) is 5.78 Å². The maximum Gasteiger partial charge on any atom is 0.329 e. The molecule has 0 aromatic rings. The summed E-state index contributed by atoms with van der Waals surface area (Å²) in [4.78, 5) is 84.1. The minimum atomic E-state index is -2.50. The summed E-state index contributed by atoms with van der Waals surface area (Å²) < 4.78 is 36.2. The summed E-state index contributed by atoms with van der Waals surface area (Å²) in [5, 5.41) is 33.1. The van der Waals surface area contributed by atoms with Crippen LogP contribution < -0.4 is 5.73 Å². The average molecular weight is 1040 g/mol. The Bertz CT molecular complexity index is 1980. The van der Waals surface area contributed by atoms with Gasteiger partial charge in [-0.3, -0.25) is 24.0 Å². The highest BCUT2D eigenvalue weighted by molar-refractivity contribution is 6.39. The van der Waals surface area contributed by atoms with Gasteiger partial charge in [-0.1, -0.05) is 71.1 Å². The van der Waals surface area contributed by atoms with Crippen LogP contribution in [0.15, 0.2) is 47.6 Å². The normalized spacial score (nSPS) is 36.9. The molecule has 0 aromatic carbocycles. The molecule has 17 nitrogen and oxygen atoms in total. The van der Waals surface area contributed by atoms with Crippen molar-refractivity contribution in [1.29, 1.82) is 0 Å². The molecule has 3 aliphatic heterocycles. The Morgan fingerprint density at radius 2 is 1.62 bits per heavy atom. The van der Waals surface area contributed by atoms with Crippen LogP contribution in [0.1, 0.15) is 145 Å². The molecule has 2 amide bonds. The molecule has 3 fully saturated rings. The average Bonchev–Trinajstić information content (AvgIpc) is 3.37. The van der Waals surface area contributed by atoms with Crippen LogP contribution >= 0.6 is 0 Å². The number of allylic oxidation sites excluding steroid dienone is 6. The number of methoxy groups -OCH3 is 2. The number of unbranched alkanes of at least 4 members (excludes halogenated alkanes) is 1. The number of nitrogens with zero attached hydrogens (tertiary/aromatic N) is 1. The number of fused-ring (bicyclic) bond motifs is 3. The first kappa shape index (κ1) is 62.6. The molecular weight excluding hydrogens is 953 g/mol. The summed E-state index contributed by atoms with van der Waals surface area (Å²) in [5.74, 6) is -8.71. The van der Waals surface area contributed by atoms with Gasteiger partial charge in [-0.05, 0) is 120 Å². The van der Waals surface area contributed by atoms with E-state index in [0.29, 0.717) is 76.4 Å². The number of aliphatic hydroxyl groups excluding tert-OH is 2. The van der Waals surface area contributed by atoms with Crippen molar-refractivity contribution in [1.82, 2.24) is 4.90 Å². The number of hydrogen-bond donors (Lipinski definition) is 4. The Morgan fingerprint density at radius 3 is 2.31 bits per heavy atom. The van der Waals surface area contributed by atoms with Gasteiger partial charge in [0.1, 0.15) is 30.1 Å². The second-order valence-corrected chi connectivity index (χ2v) is 21.7. The largest absolute Gasteiger partial charge is 0.460 e. The molecule has 4 aliphatic rings. The van der Waals surface area contributed by atoms with Crippen molar-refractivity contribution < 1.29 is 72.5 Å². The zero-order valence-electron chi connectivity index (χ0n) is 45.7. The lowest BCUT2D eigenvalue weighted by Gasteiger charge is -2.43. The van der Waals surface area contributed by atoms with Crippen LogP contribution in [0.2, 0.25) is 0 Å². The van der Waals surface area contributed by atoms with E-state index in [9.17, 15) is 44.1 Å². The van der Waals surface area contributed by atoms with E-state index in [2.05, 4.69) is 0 Å². The van der Waals surface area contributed by atoms with Gasteiger partial charge in [-0.15, -0.1) is 0 Å². The van der Waals surface area contributed by atoms with Crippen molar-refractivity contribution in [2.75, 3.05) is 40.6 Å². The zero-order chi connectivity index (χ0) is 54.7. The lowest BCUT2D eigenvalue weighted by molar-refractivity contribution is -0.266. The highest BCUT2D eigenvalue weighted by atomic mass is 16.6. The van der Waals surface area contributed by atoms with Gasteiger partial charge in [0.25, 0.3) is 11.7 Å². The third kappa shape index (κ3) is 18.1. The van der Waals surface area contributed by atoms with Crippen molar-refractivity contribution in [3.05, 3.63) is 47.6 Å². The number of primary amides is 1. The van der Waals surface area contributed by atoms with Gasteiger partial charge >= 0.3 is 5.97 Å². The van der Waals surface area contributed by atoms with Crippen LogP contribution in [-0.4, -0.2) is 150 Å². The first-order chi connectivity index (χ1) is 35.1. The van der Waals surface area contributed by atoms with Crippen LogP contribution in [0, 0.1) is 35.5 Å². The molecule has 0 aromatic heterocycles. The van der Waals surface area contributed by atoms with E-state index in [1.807, 2.05) is 51.2 Å². The predicted molar refractivity (Wildman–Crippen MR) is 278 cm³/mol. The number of ether oxygens (including phenoxy) is 6. The third-order valence-electron chi connectivity index (χ3n) is 15.7. The number of carbonyl (C=O) groups is 6. The Morgan fingerprint density at radius 1 is 0.878 bits per heavy atom. The first-order valence-electron chi connectivity index (χ1n) is 27.2. The van der Waals surface area contributed by atoms with Crippen molar-refractivity contribution >= 4 is 35.1 Å². The molecule has 4 rings (SSSR count). The molecule has 1 saturated carbocycles. The number of esters is 1. The Hall–Kier alpha value is -3.94. The number of cyclic esters (lactones) is 1. The van der Waals surface area contributed by atoms with Crippen LogP contribution in [-0.2, 0) is 57.2 Å². The Labute approximate surface area is 440 Å². The Balaban J connectivity index is 1.71. The molecule has 418 valence electrons. The monoisotopic (exact) mass is 1040 g/mol. The molecule has 2 bridgehead atoms. The number of carbonyl (C=O) groups excluding carboxylic acids is 6. The van der Waals surface area contributed by atoms with E-state index < -0.39 is 83.7 Å². The maximum atomic E-state index is 14.6. The minimum Gasteiger partial charge on any atom is -0.460 e. The fraction of sp³-hybridized carbons (Fsp3) is 0.754. The van der Waals surface area contributed by atoms with Gasteiger partial charge in [0, 0.05) is 64.4 Å². The van der Waals surface area contributed by atoms with E-state index in [4.69, 9.17) is 34.2 Å². The zero-order valence-corrected chi connectivity index (χ0v) is 45.7. The smallest absolute Gasteiger partial charge is 0.329 e. The molecule has 0 radical (unpaired) electrons. The number of piperidine rings is 1. The molecule has 0 unspecified atom stereocenters. The molecule has 0 spiro atoms. The standard InChI is InChI=1S/C57H90N2O15/c1-35-17-11-10-12-18-36(2)47(71-27-16-14-20-50(58)62)33-43-23-21-41(7)57(68,74-43)54(65)55(66)59-25-15-13-19-44(59)56(67)73-48(38(4)31-42-22-24-46(72-28-26-60)49(32-42)69-8)34-45(61)37(3)30-40(6)52(64)53(70-9)51(63)39(5)29-35/h10-12,17-18,30,35,37-39,41-44,46-49,52-53,60,64,68H,13-16,19-29,31-34H2,1-9H3,(H2,58,62)/b12-10+,17-11+,36-18+,40-30+/t35-,37-,38-,39-,41-,42+,43+,44+,46-,47+,48+,49-,52-,53+,57-/m1/s1. The van der Waals surface area contributed by atoms with E-state index in [1.165, 1.54) is 12.0 Å². The summed E-state index contributed by atoms with van der Waals surface area (Å²) in [7, 11) is 2.99. The number of aliphatic hydroxyl groups is 3. The molecule has 2 saturated heterocycles. The molecule has 5 N–H and O–H groups in total. The first-order valence-corrected chi connectivity index (χ1v) is 27.2. The van der Waals surface area contributed by atoms with Crippen LogP contribution in [0.4, 0.5) is 0 Å². The number of Topliss-reactive ketones (excluding diaryl/α,β-unsaturated/α-hetero) is 3. The summed E-state index contributed by atoms with van der Waals surface area (Å²) in [6.07, 6.45) is 12.6. The minimum absolute atomic E-state index is 0.0215. The SMILES string of the molecule is CO[C@@H]1C[C@H](C[C@@H](C)[C@@H]2CC(=O)[C@H](C)/C=C(\C)[C@@H](O)[C@@H](OC)C(=O)[C@H](C)C[C@H](C)/C=C/C=C/C=C(\C)[C@@H](OCCCCC(N)=O)C[C@@H]3CC[C@@H](C)[C@@](O)(O3)C(=O)C(=O)N3CCCC[C@H]3C(=O)O2)CC[C@H]1OCCO. The fourth-order valence-corrected chi connectivity index (χ4v) is 11.0. The van der Waals surface area contributed by atoms with Gasteiger partial charge < -0.3 is 54.4 Å². The lowest BCUT2D eigenvalue weighted by atomic mass is 9.78. The summed E-state index contributed by atoms with van der Waals surface area (Å²) >= 11 is 0. The second kappa shape index (κ2) is 30.7. The molecule has 15 atom stereocenters. The lowest BCUT2D eigenvalue weighted by Crippen LogP contribution is -2.61. The van der Waals surface area contributed by atoms with Gasteiger partial charge in [-0.25, -0.2) is 4.79 Å². The Kier molecular flexibility index (Phi) is 26.0. The quantitative estimate of drug-likeness (QED) is 0.0653. The van der Waals surface area contributed by atoms with Gasteiger partial charge in [0.05, 0.1) is 37.6 Å². The van der Waals surface area contributed by atoms with Crippen LogP contribution in [0.5, 0.6) is 0 Å². The van der Waals surface area contributed by atoms with Crippen molar-refractivity contribution in [3.63, 3.8) is 0 Å². The van der Waals surface area contributed by atoms with Gasteiger partial charge in [0.2, 0.25) is 11.7 Å². The second-order valence-electron chi connectivity index (χ2n) is 21.7. The highest BCUT2D eigenvalue weighted by Gasteiger charge is 2.53. The molecule has 17 heteroatoms. The number of amides is 2. The number of hydrogen-bond acceptors (Lipinski definition) is 15. The summed E-state index contributed by atoms with van der Waals surface area (Å²) in [5.41, 5.74) is 6.56. The predicted octanol–water partition coefficient (Wildman–Crippen LogP) is 6.22. The summed E-state index contributed by atoms with van der Waals surface area (Å²) in [6, 6.07) is -1.18. The van der Waals surface area contributed by atoms with Crippen molar-refractivity contribution in [2.24, 2.45) is 41.2 Å². The topological polar surface area (TPSA) is 248 Å². The van der Waals surface area contributed by atoms with Crippen molar-refractivity contribution in [2.45, 2.75) is 199 Å². The van der Waals surface area contributed by atoms with Gasteiger partial charge in [-0.2, -0.15) is 0 Å². The fourth-order valence-electron chi connectivity index (χ4n) is 11.0. The maximum absolute atomic E-state index is 14.6. The van der Waals surface area contributed by atoms with Crippen molar-refractivity contribution in [3.8, 4) is 0 Å². The van der Waals surface area contributed by atoms with Crippen LogP contribution in [0.3, 0.4) is 0 Å². The summed E-state index contributed by atoms with van der Waals surface area (Å²) in [6.45, 7) is 13.1. The van der Waals surface area contributed by atoms with E-state index in [0.717, 1.165) is 12.0 Å². The number of rotatable bonds is 14.